The summed E-state index contributed by atoms with van der Waals surface area (Å²) in [6, 6.07) is 8.60. The Morgan fingerprint density at radius 2 is 1.90 bits per heavy atom. The third-order valence-electron chi connectivity index (χ3n) is 2.63. The largest absolute Gasteiger partial charge is 0.398 e. The van der Waals surface area contributed by atoms with Gasteiger partial charge in [0, 0.05) is 0 Å². The minimum atomic E-state index is -3.85. The predicted octanol–water partition coefficient (Wildman–Crippen LogP) is 3.28. The van der Waals surface area contributed by atoms with Gasteiger partial charge in [-0.15, -0.1) is 0 Å². The predicted molar refractivity (Wildman–Crippen MR) is 80.5 cm³/mol. The minimum absolute atomic E-state index is 0.0357. The van der Waals surface area contributed by atoms with Gasteiger partial charge in [0.05, 0.1) is 15.8 Å². The number of benzene rings is 2. The standard InChI is InChI=1S/C13H12BrFN2O2S/c1-8-2-5-13(12(16)6-8)20(18,19)17-9-3-4-10(14)11(15)7-9/h2-7,17H,16H2,1H3. The Hall–Kier alpha value is -1.60. The topological polar surface area (TPSA) is 72.2 Å². The molecule has 0 aliphatic carbocycles. The molecule has 0 saturated carbocycles. The average molecular weight is 359 g/mol. The number of anilines is 2. The molecule has 0 bridgehead atoms. The Morgan fingerprint density at radius 3 is 2.50 bits per heavy atom. The molecule has 3 N–H and O–H groups in total. The molecule has 0 aliphatic rings. The van der Waals surface area contributed by atoms with Gasteiger partial charge in [-0.2, -0.15) is 0 Å². The van der Waals surface area contributed by atoms with E-state index >= 15 is 0 Å². The molecule has 7 heteroatoms. The Morgan fingerprint density at radius 1 is 1.20 bits per heavy atom. The number of halogens is 2. The number of nitrogens with two attached hydrogens (primary N) is 1. The van der Waals surface area contributed by atoms with E-state index in [0.29, 0.717) is 0 Å². The molecule has 106 valence electrons. The van der Waals surface area contributed by atoms with Gasteiger partial charge in [-0.1, -0.05) is 6.07 Å². The van der Waals surface area contributed by atoms with Crippen molar-refractivity contribution in [1.29, 1.82) is 0 Å². The van der Waals surface area contributed by atoms with Gasteiger partial charge in [-0.25, -0.2) is 12.8 Å². The van der Waals surface area contributed by atoms with Crippen LogP contribution in [0.15, 0.2) is 45.8 Å². The SMILES string of the molecule is Cc1ccc(S(=O)(=O)Nc2ccc(Br)c(F)c2)c(N)c1. The molecule has 2 aromatic carbocycles. The highest BCUT2D eigenvalue weighted by atomic mass is 79.9. The minimum Gasteiger partial charge on any atom is -0.398 e. The Labute approximate surface area is 125 Å². The number of aryl methyl sites for hydroxylation is 1. The van der Waals surface area contributed by atoms with Crippen molar-refractivity contribution in [3.8, 4) is 0 Å². The third-order valence-corrected chi connectivity index (χ3v) is 4.72. The van der Waals surface area contributed by atoms with Crippen LogP contribution >= 0.6 is 15.9 Å². The molecule has 0 heterocycles. The van der Waals surface area contributed by atoms with E-state index in [1.807, 2.05) is 6.92 Å². The summed E-state index contributed by atoms with van der Waals surface area (Å²) >= 11 is 3.00. The quantitative estimate of drug-likeness (QED) is 0.827. The zero-order valence-electron chi connectivity index (χ0n) is 10.5. The number of rotatable bonds is 3. The van der Waals surface area contributed by atoms with E-state index in [2.05, 4.69) is 20.7 Å². The molecule has 20 heavy (non-hydrogen) atoms. The van der Waals surface area contributed by atoms with E-state index in [1.165, 1.54) is 18.2 Å². The summed E-state index contributed by atoms with van der Waals surface area (Å²) < 4.78 is 40.3. The number of hydrogen-bond acceptors (Lipinski definition) is 3. The zero-order valence-corrected chi connectivity index (χ0v) is 12.9. The van der Waals surface area contributed by atoms with Gasteiger partial charge < -0.3 is 5.73 Å². The van der Waals surface area contributed by atoms with Gasteiger partial charge in [0.1, 0.15) is 10.7 Å². The number of sulfonamides is 1. The fraction of sp³-hybridized carbons (Fsp3) is 0.0769. The molecule has 0 aliphatic heterocycles. The fourth-order valence-electron chi connectivity index (χ4n) is 1.68. The lowest BCUT2D eigenvalue weighted by atomic mass is 10.2. The molecule has 0 amide bonds. The molecule has 0 aromatic heterocycles. The maximum atomic E-state index is 13.4. The highest BCUT2D eigenvalue weighted by Crippen LogP contribution is 2.24. The lowest BCUT2D eigenvalue weighted by Crippen LogP contribution is -2.15. The zero-order chi connectivity index (χ0) is 14.9. The van der Waals surface area contributed by atoms with Crippen molar-refractivity contribution in [2.45, 2.75) is 11.8 Å². The first kappa shape index (κ1) is 14.8. The van der Waals surface area contributed by atoms with Gasteiger partial charge in [0.25, 0.3) is 10.0 Å². The number of hydrogen-bond donors (Lipinski definition) is 2. The lowest BCUT2D eigenvalue weighted by molar-refractivity contribution is 0.601. The summed E-state index contributed by atoms with van der Waals surface area (Å²) in [6.45, 7) is 1.81. The smallest absolute Gasteiger partial charge is 0.263 e. The summed E-state index contributed by atoms with van der Waals surface area (Å²) in [5.41, 5.74) is 6.85. The summed E-state index contributed by atoms with van der Waals surface area (Å²) in [4.78, 5) is -0.0357. The monoisotopic (exact) mass is 358 g/mol. The molecular formula is C13H12BrFN2O2S. The maximum Gasteiger partial charge on any atom is 0.263 e. The Bertz CT molecular complexity index is 763. The molecule has 0 saturated heterocycles. The van der Waals surface area contributed by atoms with Crippen molar-refractivity contribution in [3.63, 3.8) is 0 Å². The van der Waals surface area contributed by atoms with Crippen LogP contribution in [0.1, 0.15) is 5.56 Å². The van der Waals surface area contributed by atoms with Crippen molar-refractivity contribution in [3.05, 3.63) is 52.3 Å². The first-order chi connectivity index (χ1) is 9.29. The second-order valence-corrected chi connectivity index (χ2v) is 6.78. The molecule has 2 rings (SSSR count). The lowest BCUT2D eigenvalue weighted by Gasteiger charge is -2.11. The molecule has 0 atom stereocenters. The average Bonchev–Trinajstić information content (AvgIpc) is 2.33. The van der Waals surface area contributed by atoms with E-state index in [4.69, 9.17) is 5.73 Å². The van der Waals surface area contributed by atoms with E-state index in [-0.39, 0.29) is 20.7 Å². The fourth-order valence-corrected chi connectivity index (χ4v) is 3.09. The van der Waals surface area contributed by atoms with Crippen LogP contribution in [0.4, 0.5) is 15.8 Å². The normalized spacial score (nSPS) is 11.3. The summed E-state index contributed by atoms with van der Waals surface area (Å²) in [5.74, 6) is -0.554. The van der Waals surface area contributed by atoms with E-state index in [1.54, 1.807) is 12.1 Å². The van der Waals surface area contributed by atoms with Crippen LogP contribution in [0.5, 0.6) is 0 Å². The highest BCUT2D eigenvalue weighted by Gasteiger charge is 2.18. The van der Waals surface area contributed by atoms with Crippen molar-refractivity contribution < 1.29 is 12.8 Å². The van der Waals surface area contributed by atoms with Crippen molar-refractivity contribution in [1.82, 2.24) is 0 Å². The van der Waals surface area contributed by atoms with E-state index in [0.717, 1.165) is 11.6 Å². The van der Waals surface area contributed by atoms with Crippen LogP contribution < -0.4 is 10.5 Å². The second-order valence-electron chi connectivity index (χ2n) is 4.28. The van der Waals surface area contributed by atoms with E-state index in [9.17, 15) is 12.8 Å². The molecular weight excluding hydrogens is 347 g/mol. The molecule has 4 nitrogen and oxygen atoms in total. The van der Waals surface area contributed by atoms with Crippen LogP contribution in [0.3, 0.4) is 0 Å². The van der Waals surface area contributed by atoms with Gasteiger partial charge in [-0.05, 0) is 58.7 Å². The van der Waals surface area contributed by atoms with Crippen LogP contribution in [0.2, 0.25) is 0 Å². The number of nitrogens with one attached hydrogen (secondary N) is 1. The first-order valence-electron chi connectivity index (χ1n) is 5.63. The third kappa shape index (κ3) is 3.10. The first-order valence-corrected chi connectivity index (χ1v) is 7.91. The van der Waals surface area contributed by atoms with Gasteiger partial charge >= 0.3 is 0 Å². The molecule has 0 fully saturated rings. The Kier molecular flexibility index (Phi) is 4.01. The summed E-state index contributed by atoms with van der Waals surface area (Å²) in [6.07, 6.45) is 0. The highest BCUT2D eigenvalue weighted by molar-refractivity contribution is 9.10. The molecule has 0 radical (unpaired) electrons. The van der Waals surface area contributed by atoms with Crippen LogP contribution in [-0.4, -0.2) is 8.42 Å². The summed E-state index contributed by atoms with van der Waals surface area (Å²) in [5, 5.41) is 0. The Balaban J connectivity index is 2.38. The van der Waals surface area contributed by atoms with Crippen molar-refractivity contribution >= 4 is 37.3 Å². The number of nitrogen functional groups attached to an aromatic ring is 1. The summed E-state index contributed by atoms with van der Waals surface area (Å²) in [7, 11) is -3.85. The van der Waals surface area contributed by atoms with Gasteiger partial charge in [0.15, 0.2) is 0 Å². The molecule has 2 aromatic rings. The van der Waals surface area contributed by atoms with Gasteiger partial charge in [0.2, 0.25) is 0 Å². The van der Waals surface area contributed by atoms with Crippen LogP contribution in [0, 0.1) is 12.7 Å². The molecule has 0 spiro atoms. The maximum absolute atomic E-state index is 13.4. The van der Waals surface area contributed by atoms with Crippen LogP contribution in [-0.2, 0) is 10.0 Å². The second kappa shape index (κ2) is 5.41. The van der Waals surface area contributed by atoms with Crippen molar-refractivity contribution in [2.75, 3.05) is 10.5 Å². The van der Waals surface area contributed by atoms with Crippen molar-refractivity contribution in [2.24, 2.45) is 0 Å². The molecule has 0 unspecified atom stereocenters. The van der Waals surface area contributed by atoms with E-state index < -0.39 is 15.8 Å². The van der Waals surface area contributed by atoms with Crippen LogP contribution in [0.25, 0.3) is 0 Å². The van der Waals surface area contributed by atoms with Gasteiger partial charge in [-0.3, -0.25) is 4.72 Å².